The maximum absolute atomic E-state index is 13.7. The van der Waals surface area contributed by atoms with Gasteiger partial charge < -0.3 is 10.1 Å². The second-order valence-corrected chi connectivity index (χ2v) is 5.03. The van der Waals surface area contributed by atoms with E-state index in [1.807, 2.05) is 12.3 Å². The van der Waals surface area contributed by atoms with E-state index >= 15 is 0 Å². The van der Waals surface area contributed by atoms with Gasteiger partial charge in [0.25, 0.3) is 0 Å². The van der Waals surface area contributed by atoms with E-state index in [0.29, 0.717) is 5.01 Å². The number of esters is 1. The Bertz CT molecular complexity index is 600. The molecule has 0 aliphatic heterocycles. The Morgan fingerprint density at radius 3 is 2.85 bits per heavy atom. The highest BCUT2D eigenvalue weighted by atomic mass is 32.1. The van der Waals surface area contributed by atoms with E-state index in [1.165, 1.54) is 17.4 Å². The summed E-state index contributed by atoms with van der Waals surface area (Å²) in [6, 6.07) is 5.39. The number of carbonyl (C=O) groups excluding carboxylic acids is 1. The van der Waals surface area contributed by atoms with Crippen LogP contribution in [0, 0.1) is 12.7 Å². The third-order valence-electron chi connectivity index (χ3n) is 2.58. The molecule has 1 aromatic heterocycles. The van der Waals surface area contributed by atoms with Crippen LogP contribution in [0.1, 0.15) is 23.7 Å². The van der Waals surface area contributed by atoms with Gasteiger partial charge in [0.05, 0.1) is 12.3 Å². The van der Waals surface area contributed by atoms with Crippen LogP contribution in [0.4, 0.5) is 10.1 Å². The third kappa shape index (κ3) is 3.33. The highest BCUT2D eigenvalue weighted by molar-refractivity contribution is 7.09. The number of para-hydroxylation sites is 1. The Balaban J connectivity index is 2.27. The summed E-state index contributed by atoms with van der Waals surface area (Å²) in [5, 5.41) is 5.26. The number of halogens is 1. The predicted octanol–water partition coefficient (Wildman–Crippen LogP) is 3.31. The minimum absolute atomic E-state index is 0.249. The summed E-state index contributed by atoms with van der Waals surface area (Å²) in [7, 11) is 0. The first kappa shape index (κ1) is 14.5. The molecule has 2 rings (SSSR count). The van der Waals surface area contributed by atoms with Crippen LogP contribution in [-0.4, -0.2) is 17.6 Å². The second kappa shape index (κ2) is 6.47. The quantitative estimate of drug-likeness (QED) is 0.860. The molecule has 20 heavy (non-hydrogen) atoms. The van der Waals surface area contributed by atoms with E-state index < -0.39 is 17.8 Å². The highest BCUT2D eigenvalue weighted by Gasteiger charge is 2.25. The van der Waals surface area contributed by atoms with Gasteiger partial charge in [0.15, 0.2) is 6.04 Å². The van der Waals surface area contributed by atoms with E-state index in [-0.39, 0.29) is 12.3 Å². The molecule has 0 fully saturated rings. The van der Waals surface area contributed by atoms with Crippen LogP contribution in [0.2, 0.25) is 0 Å². The van der Waals surface area contributed by atoms with Crippen molar-refractivity contribution in [1.29, 1.82) is 0 Å². The molecule has 1 unspecified atom stereocenters. The molecule has 1 atom stereocenters. The van der Waals surface area contributed by atoms with Crippen LogP contribution in [0.25, 0.3) is 0 Å². The summed E-state index contributed by atoms with van der Waals surface area (Å²) >= 11 is 1.34. The molecule has 0 aliphatic rings. The van der Waals surface area contributed by atoms with E-state index in [1.54, 1.807) is 25.1 Å². The molecule has 106 valence electrons. The normalized spacial score (nSPS) is 11.9. The van der Waals surface area contributed by atoms with Gasteiger partial charge in [-0.15, -0.1) is 11.3 Å². The van der Waals surface area contributed by atoms with Gasteiger partial charge in [-0.25, -0.2) is 14.2 Å². The number of benzene rings is 1. The number of carbonyl (C=O) groups is 1. The Morgan fingerprint density at radius 1 is 1.50 bits per heavy atom. The van der Waals surface area contributed by atoms with Gasteiger partial charge in [0, 0.05) is 11.1 Å². The van der Waals surface area contributed by atoms with Gasteiger partial charge >= 0.3 is 5.97 Å². The molecule has 0 bridgehead atoms. The third-order valence-corrected chi connectivity index (χ3v) is 3.61. The Labute approximate surface area is 120 Å². The summed E-state index contributed by atoms with van der Waals surface area (Å²) < 4.78 is 18.7. The fourth-order valence-corrected chi connectivity index (χ4v) is 2.52. The molecule has 1 heterocycles. The zero-order valence-corrected chi connectivity index (χ0v) is 12.0. The lowest BCUT2D eigenvalue weighted by Crippen LogP contribution is -2.23. The molecule has 0 spiro atoms. The predicted molar refractivity (Wildman–Crippen MR) is 76.2 cm³/mol. The molecular formula is C14H15FN2O2S. The molecule has 0 aliphatic carbocycles. The highest BCUT2D eigenvalue weighted by Crippen LogP contribution is 2.25. The monoisotopic (exact) mass is 294 g/mol. The largest absolute Gasteiger partial charge is 0.464 e. The number of thiazole rings is 1. The number of aryl methyl sites for hydroxylation is 1. The number of hydrogen-bond donors (Lipinski definition) is 1. The Hall–Kier alpha value is -1.95. The maximum atomic E-state index is 13.7. The van der Waals surface area contributed by atoms with Crippen LogP contribution in [-0.2, 0) is 9.53 Å². The van der Waals surface area contributed by atoms with Gasteiger partial charge in [-0.3, -0.25) is 0 Å². The molecule has 2 aromatic rings. The zero-order valence-electron chi connectivity index (χ0n) is 11.2. The fourth-order valence-electron chi connectivity index (χ4n) is 1.69. The van der Waals surface area contributed by atoms with Gasteiger partial charge in [0.1, 0.15) is 10.8 Å². The first-order chi connectivity index (χ1) is 9.61. The summed E-state index contributed by atoms with van der Waals surface area (Å²) in [6.07, 6.45) is 0. The van der Waals surface area contributed by atoms with Gasteiger partial charge in [-0.1, -0.05) is 12.1 Å². The maximum Gasteiger partial charge on any atom is 0.335 e. The lowest BCUT2D eigenvalue weighted by molar-refractivity contribution is -0.144. The smallest absolute Gasteiger partial charge is 0.335 e. The topological polar surface area (TPSA) is 51.2 Å². The fraction of sp³-hybridized carbons (Fsp3) is 0.286. The van der Waals surface area contributed by atoms with E-state index in [4.69, 9.17) is 4.74 Å². The number of nitrogens with zero attached hydrogens (tertiary/aromatic N) is 1. The van der Waals surface area contributed by atoms with Crippen LogP contribution >= 0.6 is 11.3 Å². The summed E-state index contributed by atoms with van der Waals surface area (Å²) in [4.78, 5) is 16.3. The van der Waals surface area contributed by atoms with Gasteiger partial charge in [-0.05, 0) is 26.0 Å². The summed E-state index contributed by atoms with van der Waals surface area (Å²) in [6.45, 7) is 3.83. The van der Waals surface area contributed by atoms with Crippen molar-refractivity contribution in [2.45, 2.75) is 19.9 Å². The number of rotatable bonds is 5. The van der Waals surface area contributed by atoms with Gasteiger partial charge in [-0.2, -0.15) is 0 Å². The van der Waals surface area contributed by atoms with E-state index in [2.05, 4.69) is 10.3 Å². The number of anilines is 1. The number of nitrogens with one attached hydrogen (secondary N) is 1. The molecule has 0 amide bonds. The first-order valence-electron chi connectivity index (χ1n) is 6.21. The summed E-state index contributed by atoms with van der Waals surface area (Å²) in [5.74, 6) is -0.889. The molecule has 0 saturated carbocycles. The van der Waals surface area contributed by atoms with E-state index in [9.17, 15) is 9.18 Å². The van der Waals surface area contributed by atoms with Crippen molar-refractivity contribution >= 4 is 23.0 Å². The van der Waals surface area contributed by atoms with Crippen LogP contribution in [0.3, 0.4) is 0 Å². The lowest BCUT2D eigenvalue weighted by atomic mass is 10.2. The van der Waals surface area contributed by atoms with Crippen molar-refractivity contribution in [3.05, 3.63) is 46.2 Å². The molecule has 0 radical (unpaired) electrons. The van der Waals surface area contributed by atoms with Crippen LogP contribution in [0.5, 0.6) is 0 Å². The molecule has 1 aromatic carbocycles. The molecule has 6 heteroatoms. The molecule has 0 saturated heterocycles. The Morgan fingerprint density at radius 2 is 2.25 bits per heavy atom. The van der Waals surface area contributed by atoms with Crippen molar-refractivity contribution < 1.29 is 13.9 Å². The lowest BCUT2D eigenvalue weighted by Gasteiger charge is -2.16. The SMILES string of the molecule is CCOC(=O)C(Nc1ccccc1F)c1nc(C)cs1. The number of aromatic nitrogens is 1. The van der Waals surface area contributed by atoms with E-state index in [0.717, 1.165) is 5.69 Å². The van der Waals surface area contributed by atoms with Crippen LogP contribution < -0.4 is 5.32 Å². The standard InChI is InChI=1S/C14H15FN2O2S/c1-3-19-14(18)12(13-16-9(2)8-20-13)17-11-7-5-4-6-10(11)15/h4-8,12,17H,3H2,1-2H3. The molecule has 4 nitrogen and oxygen atoms in total. The zero-order chi connectivity index (χ0) is 14.5. The van der Waals surface area contributed by atoms with Crippen molar-refractivity contribution in [2.75, 3.05) is 11.9 Å². The average molecular weight is 294 g/mol. The van der Waals surface area contributed by atoms with Crippen molar-refractivity contribution in [3.8, 4) is 0 Å². The van der Waals surface area contributed by atoms with Crippen LogP contribution in [0.15, 0.2) is 29.6 Å². The minimum Gasteiger partial charge on any atom is -0.464 e. The molecular weight excluding hydrogens is 279 g/mol. The molecule has 1 N–H and O–H groups in total. The number of hydrogen-bond acceptors (Lipinski definition) is 5. The van der Waals surface area contributed by atoms with Gasteiger partial charge in [0.2, 0.25) is 0 Å². The van der Waals surface area contributed by atoms with Crippen molar-refractivity contribution in [1.82, 2.24) is 4.98 Å². The summed E-state index contributed by atoms with van der Waals surface area (Å²) in [5.41, 5.74) is 1.06. The minimum atomic E-state index is -0.800. The van der Waals surface area contributed by atoms with Crippen molar-refractivity contribution in [3.63, 3.8) is 0 Å². The Kier molecular flexibility index (Phi) is 4.68. The first-order valence-corrected chi connectivity index (χ1v) is 7.09. The average Bonchev–Trinajstić information content (AvgIpc) is 2.84. The second-order valence-electron chi connectivity index (χ2n) is 4.14. The number of ether oxygens (including phenoxy) is 1. The van der Waals surface area contributed by atoms with Crippen molar-refractivity contribution in [2.24, 2.45) is 0 Å².